The number of aryl methyl sites for hydroxylation is 2. The van der Waals surface area contributed by atoms with Crippen LogP contribution >= 0.6 is 0 Å². The summed E-state index contributed by atoms with van der Waals surface area (Å²) < 4.78 is 7.42. The molecule has 0 saturated heterocycles. The second-order valence-electron chi connectivity index (χ2n) is 5.05. The Kier molecular flexibility index (Phi) is 3.75. The van der Waals surface area contributed by atoms with E-state index in [0.717, 1.165) is 33.9 Å². The predicted molar refractivity (Wildman–Crippen MR) is 84.5 cm³/mol. The van der Waals surface area contributed by atoms with Gasteiger partial charge in [0.2, 0.25) is 0 Å². The van der Waals surface area contributed by atoms with Gasteiger partial charge in [0.25, 0.3) is 0 Å². The molecule has 5 nitrogen and oxygen atoms in total. The van der Waals surface area contributed by atoms with Crippen molar-refractivity contribution in [1.29, 1.82) is 5.26 Å². The van der Waals surface area contributed by atoms with Crippen LogP contribution < -0.4 is 4.74 Å². The molecule has 3 rings (SSSR count). The molecule has 0 bridgehead atoms. The first-order valence-corrected chi connectivity index (χ1v) is 7.08. The number of nitrogens with zero attached hydrogens (tertiary/aromatic N) is 4. The topological polar surface area (TPSA) is 63.7 Å². The molecule has 0 aliphatic heterocycles. The van der Waals surface area contributed by atoms with Gasteiger partial charge in [0.15, 0.2) is 5.65 Å². The number of nitriles is 1. The molecule has 0 aliphatic carbocycles. The molecule has 110 valence electrons. The third-order valence-corrected chi connectivity index (χ3v) is 3.52. The summed E-state index contributed by atoms with van der Waals surface area (Å²) in [7, 11) is 1.64. The summed E-state index contributed by atoms with van der Waals surface area (Å²) in [6.45, 7) is 2.54. The van der Waals surface area contributed by atoms with E-state index < -0.39 is 0 Å². The zero-order valence-electron chi connectivity index (χ0n) is 12.6. The maximum absolute atomic E-state index is 8.91. The van der Waals surface area contributed by atoms with E-state index in [0.29, 0.717) is 13.0 Å². The Morgan fingerprint density at radius 2 is 2.14 bits per heavy atom. The Labute approximate surface area is 128 Å². The van der Waals surface area contributed by atoms with Crippen molar-refractivity contribution in [3.8, 4) is 23.2 Å². The molecular weight excluding hydrogens is 276 g/mol. The molecule has 5 heteroatoms. The molecule has 0 radical (unpaired) electrons. The number of fused-ring (bicyclic) bond motifs is 1. The SMILES string of the molecule is COc1ccccc1-c1nc2cc(C)cnc2n1CCC#N. The number of aromatic nitrogens is 3. The van der Waals surface area contributed by atoms with Gasteiger partial charge < -0.3 is 9.30 Å². The number of rotatable bonds is 4. The van der Waals surface area contributed by atoms with Gasteiger partial charge in [-0.15, -0.1) is 0 Å². The second-order valence-corrected chi connectivity index (χ2v) is 5.05. The van der Waals surface area contributed by atoms with E-state index in [9.17, 15) is 0 Å². The number of hydrogen-bond acceptors (Lipinski definition) is 4. The molecule has 1 aromatic carbocycles. The first-order chi connectivity index (χ1) is 10.7. The molecule has 0 aliphatic rings. The summed E-state index contributed by atoms with van der Waals surface area (Å²) >= 11 is 0. The highest BCUT2D eigenvalue weighted by atomic mass is 16.5. The lowest BCUT2D eigenvalue weighted by molar-refractivity contribution is 0.416. The molecule has 0 saturated carbocycles. The van der Waals surface area contributed by atoms with Crippen LogP contribution in [0, 0.1) is 18.3 Å². The van der Waals surface area contributed by atoms with Crippen LogP contribution in [0.15, 0.2) is 36.5 Å². The number of benzene rings is 1. The molecule has 3 aromatic rings. The third kappa shape index (κ3) is 2.40. The monoisotopic (exact) mass is 292 g/mol. The Morgan fingerprint density at radius 3 is 2.91 bits per heavy atom. The highest BCUT2D eigenvalue weighted by Gasteiger charge is 2.16. The Bertz CT molecular complexity index is 861. The van der Waals surface area contributed by atoms with Gasteiger partial charge in [-0.1, -0.05) is 12.1 Å². The zero-order valence-corrected chi connectivity index (χ0v) is 12.6. The van der Waals surface area contributed by atoms with E-state index in [2.05, 4.69) is 11.1 Å². The van der Waals surface area contributed by atoms with Crippen molar-refractivity contribution in [3.05, 3.63) is 42.1 Å². The summed E-state index contributed by atoms with van der Waals surface area (Å²) in [5, 5.41) is 8.91. The van der Waals surface area contributed by atoms with E-state index in [1.165, 1.54) is 0 Å². The van der Waals surface area contributed by atoms with E-state index in [1.54, 1.807) is 7.11 Å². The minimum absolute atomic E-state index is 0.406. The third-order valence-electron chi connectivity index (χ3n) is 3.52. The fourth-order valence-electron chi connectivity index (χ4n) is 2.52. The molecule has 0 atom stereocenters. The van der Waals surface area contributed by atoms with Crippen molar-refractivity contribution in [2.24, 2.45) is 0 Å². The Hall–Kier alpha value is -2.87. The van der Waals surface area contributed by atoms with Gasteiger partial charge in [0.05, 0.1) is 25.2 Å². The lowest BCUT2D eigenvalue weighted by Crippen LogP contribution is -2.02. The molecule has 0 amide bonds. The highest BCUT2D eigenvalue weighted by Crippen LogP contribution is 2.31. The average molecular weight is 292 g/mol. The predicted octanol–water partition coefficient (Wildman–Crippen LogP) is 3.33. The van der Waals surface area contributed by atoms with Crippen molar-refractivity contribution >= 4 is 11.2 Å². The van der Waals surface area contributed by atoms with Gasteiger partial charge in [0, 0.05) is 12.7 Å². The van der Waals surface area contributed by atoms with E-state index >= 15 is 0 Å². The van der Waals surface area contributed by atoms with Crippen molar-refractivity contribution in [1.82, 2.24) is 14.5 Å². The van der Waals surface area contributed by atoms with Crippen molar-refractivity contribution in [3.63, 3.8) is 0 Å². The van der Waals surface area contributed by atoms with Gasteiger partial charge in [-0.3, -0.25) is 0 Å². The summed E-state index contributed by atoms with van der Waals surface area (Å²) in [5.74, 6) is 1.54. The number of para-hydroxylation sites is 1. The number of imidazole rings is 1. The minimum atomic E-state index is 0.406. The first-order valence-electron chi connectivity index (χ1n) is 7.08. The summed E-state index contributed by atoms with van der Waals surface area (Å²) in [6, 6.07) is 11.9. The summed E-state index contributed by atoms with van der Waals surface area (Å²) in [5.41, 5.74) is 3.59. The fourth-order valence-corrected chi connectivity index (χ4v) is 2.52. The Morgan fingerprint density at radius 1 is 1.32 bits per heavy atom. The largest absolute Gasteiger partial charge is 0.496 e. The highest BCUT2D eigenvalue weighted by molar-refractivity contribution is 5.79. The first kappa shape index (κ1) is 14.1. The molecular formula is C17H16N4O. The van der Waals surface area contributed by atoms with E-state index in [4.69, 9.17) is 15.0 Å². The number of pyridine rings is 1. The zero-order chi connectivity index (χ0) is 15.5. The molecule has 2 aromatic heterocycles. The van der Waals surface area contributed by atoms with Gasteiger partial charge in [-0.25, -0.2) is 9.97 Å². The Balaban J connectivity index is 2.25. The van der Waals surface area contributed by atoms with Crippen LogP contribution in [0.1, 0.15) is 12.0 Å². The van der Waals surface area contributed by atoms with Crippen LogP contribution in [0.2, 0.25) is 0 Å². The van der Waals surface area contributed by atoms with Crippen LogP contribution in [0.25, 0.3) is 22.6 Å². The van der Waals surface area contributed by atoms with Crippen LogP contribution in [0.4, 0.5) is 0 Å². The van der Waals surface area contributed by atoms with Gasteiger partial charge in [-0.05, 0) is 30.7 Å². The average Bonchev–Trinajstić information content (AvgIpc) is 2.90. The molecule has 0 fully saturated rings. The van der Waals surface area contributed by atoms with E-state index in [1.807, 2.05) is 48.0 Å². The van der Waals surface area contributed by atoms with Gasteiger partial charge in [0.1, 0.15) is 17.1 Å². The standard InChI is InChI=1S/C17H16N4O/c1-12-10-14-17(19-11-12)21(9-5-8-18)16(20-14)13-6-3-4-7-15(13)22-2/h3-4,6-7,10-11H,5,9H2,1-2H3. The lowest BCUT2D eigenvalue weighted by Gasteiger charge is -2.10. The second kappa shape index (κ2) is 5.86. The van der Waals surface area contributed by atoms with Crippen molar-refractivity contribution in [2.45, 2.75) is 19.9 Å². The summed E-state index contributed by atoms with van der Waals surface area (Å²) in [4.78, 5) is 9.20. The number of hydrogen-bond donors (Lipinski definition) is 0. The quantitative estimate of drug-likeness (QED) is 0.740. The van der Waals surface area contributed by atoms with Crippen LogP contribution in [0.3, 0.4) is 0 Å². The lowest BCUT2D eigenvalue weighted by atomic mass is 10.2. The fraction of sp³-hybridized carbons (Fsp3) is 0.235. The summed E-state index contributed by atoms with van der Waals surface area (Å²) in [6.07, 6.45) is 2.22. The molecule has 0 spiro atoms. The maximum atomic E-state index is 8.91. The van der Waals surface area contributed by atoms with Crippen LogP contribution in [0.5, 0.6) is 5.75 Å². The van der Waals surface area contributed by atoms with Crippen molar-refractivity contribution < 1.29 is 4.74 Å². The molecule has 0 unspecified atom stereocenters. The van der Waals surface area contributed by atoms with Crippen LogP contribution in [-0.2, 0) is 6.54 Å². The normalized spacial score (nSPS) is 10.6. The van der Waals surface area contributed by atoms with Gasteiger partial charge in [-0.2, -0.15) is 5.26 Å². The molecule has 0 N–H and O–H groups in total. The number of ether oxygens (including phenoxy) is 1. The molecule has 22 heavy (non-hydrogen) atoms. The molecule has 2 heterocycles. The van der Waals surface area contributed by atoms with Crippen LogP contribution in [-0.4, -0.2) is 21.6 Å². The smallest absolute Gasteiger partial charge is 0.160 e. The van der Waals surface area contributed by atoms with E-state index in [-0.39, 0.29) is 0 Å². The number of methoxy groups -OCH3 is 1. The maximum Gasteiger partial charge on any atom is 0.160 e. The van der Waals surface area contributed by atoms with Gasteiger partial charge >= 0.3 is 0 Å². The van der Waals surface area contributed by atoms with Crippen molar-refractivity contribution in [2.75, 3.05) is 7.11 Å². The minimum Gasteiger partial charge on any atom is -0.496 e.